The maximum Gasteiger partial charge on any atom is 0.260 e. The van der Waals surface area contributed by atoms with Crippen LogP contribution in [0, 0.1) is 6.92 Å². The van der Waals surface area contributed by atoms with E-state index in [0.29, 0.717) is 17.1 Å². The van der Waals surface area contributed by atoms with E-state index in [9.17, 15) is 9.59 Å². The summed E-state index contributed by atoms with van der Waals surface area (Å²) in [5.41, 5.74) is 9.98. The van der Waals surface area contributed by atoms with Gasteiger partial charge in [0.05, 0.1) is 24.4 Å². The topological polar surface area (TPSA) is 121 Å². The van der Waals surface area contributed by atoms with Crippen LogP contribution >= 0.6 is 0 Å². The number of rotatable bonds is 8. The summed E-state index contributed by atoms with van der Waals surface area (Å²) in [6, 6.07) is 12.6. The molecule has 0 fully saturated rings. The van der Waals surface area contributed by atoms with Gasteiger partial charge in [-0.3, -0.25) is 9.59 Å². The lowest BCUT2D eigenvalue weighted by Crippen LogP contribution is -2.23. The number of nitrogens with one attached hydrogen (secondary N) is 1. The van der Waals surface area contributed by atoms with Gasteiger partial charge in [0.1, 0.15) is 12.4 Å². The van der Waals surface area contributed by atoms with E-state index in [4.69, 9.17) is 15.2 Å². The molecule has 0 saturated heterocycles. The average molecular weight is 395 g/mol. The zero-order valence-corrected chi connectivity index (χ0v) is 16.1. The maximum absolute atomic E-state index is 12.3. The van der Waals surface area contributed by atoms with Crippen molar-refractivity contribution in [2.24, 2.45) is 10.8 Å². The van der Waals surface area contributed by atoms with E-state index in [2.05, 4.69) is 15.5 Å². The van der Waals surface area contributed by atoms with E-state index >= 15 is 0 Å². The monoisotopic (exact) mass is 395 g/mol. The van der Waals surface area contributed by atoms with Gasteiger partial charge in [-0.1, -0.05) is 12.1 Å². The molecule has 9 nitrogen and oxygen atoms in total. The third-order valence-electron chi connectivity index (χ3n) is 4.11. The Morgan fingerprint density at radius 1 is 1.24 bits per heavy atom. The van der Waals surface area contributed by atoms with Crippen molar-refractivity contribution in [2.75, 3.05) is 13.7 Å². The number of hydrogen-bond donors (Lipinski definition) is 2. The molecule has 3 aromatic rings. The molecule has 3 N–H and O–H groups in total. The highest BCUT2D eigenvalue weighted by Gasteiger charge is 2.10. The summed E-state index contributed by atoms with van der Waals surface area (Å²) in [5.74, 6) is 0.695. The Balaban J connectivity index is 1.63. The molecule has 2 aromatic carbocycles. The number of benzene rings is 2. The van der Waals surface area contributed by atoms with Gasteiger partial charge >= 0.3 is 0 Å². The average Bonchev–Trinajstić information content (AvgIpc) is 3.02. The predicted molar refractivity (Wildman–Crippen MR) is 108 cm³/mol. The zero-order valence-electron chi connectivity index (χ0n) is 16.1. The molecular weight excluding hydrogens is 374 g/mol. The van der Waals surface area contributed by atoms with Crippen LogP contribution in [0.15, 0.2) is 47.6 Å². The second-order valence-corrected chi connectivity index (χ2v) is 6.19. The van der Waals surface area contributed by atoms with Gasteiger partial charge in [0.25, 0.3) is 11.8 Å². The third-order valence-corrected chi connectivity index (χ3v) is 4.11. The second kappa shape index (κ2) is 8.87. The first-order chi connectivity index (χ1) is 14.0. The quantitative estimate of drug-likeness (QED) is 0.441. The molecule has 0 atom stereocenters. The van der Waals surface area contributed by atoms with Crippen LogP contribution in [-0.2, 0) is 16.1 Å². The minimum Gasteiger partial charge on any atom is -0.493 e. The van der Waals surface area contributed by atoms with E-state index in [0.717, 1.165) is 16.9 Å². The normalized spacial score (nSPS) is 11.0. The first kappa shape index (κ1) is 19.9. The lowest BCUT2D eigenvalue weighted by molar-refractivity contribution is -0.121. The number of carbonyl (C=O) groups is 2. The third kappa shape index (κ3) is 4.89. The van der Waals surface area contributed by atoms with Crippen LogP contribution in [0.2, 0.25) is 0 Å². The van der Waals surface area contributed by atoms with Crippen LogP contribution in [0.3, 0.4) is 0 Å². The number of hydrogen-bond acceptors (Lipinski definition) is 6. The second-order valence-electron chi connectivity index (χ2n) is 6.19. The predicted octanol–water partition coefficient (Wildman–Crippen LogP) is 1.37. The minimum atomic E-state index is -0.582. The van der Waals surface area contributed by atoms with Crippen LogP contribution in [0.1, 0.15) is 11.4 Å². The first-order valence-electron chi connectivity index (χ1n) is 8.81. The van der Waals surface area contributed by atoms with Crippen LogP contribution in [-0.4, -0.2) is 41.3 Å². The largest absolute Gasteiger partial charge is 0.493 e. The van der Waals surface area contributed by atoms with Gasteiger partial charge in [-0.25, -0.2) is 10.4 Å². The highest BCUT2D eigenvalue weighted by atomic mass is 16.5. The van der Waals surface area contributed by atoms with Crippen molar-refractivity contribution in [1.82, 2.24) is 15.0 Å². The molecule has 0 radical (unpaired) electrons. The van der Waals surface area contributed by atoms with Crippen molar-refractivity contribution in [3.05, 3.63) is 53.9 Å². The Morgan fingerprint density at radius 3 is 2.79 bits per heavy atom. The van der Waals surface area contributed by atoms with Crippen molar-refractivity contribution in [1.29, 1.82) is 0 Å². The molecule has 1 aromatic heterocycles. The fraction of sp³-hybridized carbons (Fsp3) is 0.200. The van der Waals surface area contributed by atoms with Crippen LogP contribution in [0.4, 0.5) is 0 Å². The molecule has 150 valence electrons. The Morgan fingerprint density at radius 2 is 2.03 bits per heavy atom. The molecular formula is C20H21N5O4. The lowest BCUT2D eigenvalue weighted by Gasteiger charge is -2.09. The summed E-state index contributed by atoms with van der Waals surface area (Å²) in [6.45, 7) is 1.71. The molecule has 9 heteroatoms. The molecule has 29 heavy (non-hydrogen) atoms. The summed E-state index contributed by atoms with van der Waals surface area (Å²) < 4.78 is 12.3. The Hall–Kier alpha value is -3.88. The van der Waals surface area contributed by atoms with Crippen LogP contribution in [0.5, 0.6) is 11.5 Å². The summed E-state index contributed by atoms with van der Waals surface area (Å²) in [4.78, 5) is 27.5. The minimum absolute atomic E-state index is 0.104. The maximum atomic E-state index is 12.3. The number of fused-ring (bicyclic) bond motifs is 1. The highest BCUT2D eigenvalue weighted by Crippen LogP contribution is 2.27. The number of amides is 2. The number of para-hydroxylation sites is 2. The summed E-state index contributed by atoms with van der Waals surface area (Å²) >= 11 is 0. The molecule has 2 amide bonds. The number of primary amides is 1. The zero-order chi connectivity index (χ0) is 20.8. The van der Waals surface area contributed by atoms with E-state index in [1.54, 1.807) is 18.2 Å². The van der Waals surface area contributed by atoms with Crippen molar-refractivity contribution < 1.29 is 19.1 Å². The lowest BCUT2D eigenvalue weighted by atomic mass is 10.2. The molecule has 0 bridgehead atoms. The van der Waals surface area contributed by atoms with Gasteiger partial charge in [-0.05, 0) is 42.8 Å². The smallest absolute Gasteiger partial charge is 0.260 e. The molecule has 1 heterocycles. The molecule has 0 aliphatic heterocycles. The van der Waals surface area contributed by atoms with Gasteiger partial charge in [0, 0.05) is 0 Å². The molecule has 0 aliphatic carbocycles. The standard InChI is InChI=1S/C20H21N5O4/c1-13-23-15-5-3-4-6-16(15)25(13)11-20(27)24-22-10-14-7-8-17(18(9-14)28-2)29-12-19(21)26/h3-10H,11-12H2,1-2H3,(H2,21,26)(H,24,27)/b22-10+. The summed E-state index contributed by atoms with van der Waals surface area (Å²) in [5, 5.41) is 3.98. The van der Waals surface area contributed by atoms with Crippen molar-refractivity contribution in [3.8, 4) is 11.5 Å². The number of nitrogens with zero attached hydrogens (tertiary/aromatic N) is 3. The van der Waals surface area contributed by atoms with E-state index < -0.39 is 5.91 Å². The summed E-state index contributed by atoms with van der Waals surface area (Å²) in [7, 11) is 1.48. The van der Waals surface area contributed by atoms with Crippen LogP contribution < -0.4 is 20.6 Å². The van der Waals surface area contributed by atoms with Gasteiger partial charge in [-0.15, -0.1) is 0 Å². The Bertz CT molecular complexity index is 1070. The number of imidazole rings is 1. The molecule has 3 rings (SSSR count). The Labute approximate surface area is 167 Å². The number of methoxy groups -OCH3 is 1. The first-order valence-corrected chi connectivity index (χ1v) is 8.81. The molecule has 0 saturated carbocycles. The molecule has 0 aliphatic rings. The number of nitrogens with two attached hydrogens (primary N) is 1. The van der Waals surface area contributed by atoms with E-state index in [1.165, 1.54) is 13.3 Å². The molecule has 0 unspecified atom stereocenters. The highest BCUT2D eigenvalue weighted by molar-refractivity contribution is 5.84. The Kier molecular flexibility index (Phi) is 6.08. The number of hydrazone groups is 1. The van der Waals surface area contributed by atoms with Gasteiger partial charge in [0.2, 0.25) is 0 Å². The van der Waals surface area contributed by atoms with Crippen molar-refractivity contribution >= 4 is 29.1 Å². The fourth-order valence-corrected chi connectivity index (χ4v) is 2.79. The van der Waals surface area contributed by atoms with Gasteiger partial charge in [0.15, 0.2) is 18.1 Å². The number of ether oxygens (including phenoxy) is 2. The number of aryl methyl sites for hydroxylation is 1. The van der Waals surface area contributed by atoms with Gasteiger partial charge in [-0.2, -0.15) is 5.10 Å². The number of carbonyl (C=O) groups excluding carboxylic acids is 2. The van der Waals surface area contributed by atoms with E-state index in [1.807, 2.05) is 35.8 Å². The van der Waals surface area contributed by atoms with Crippen molar-refractivity contribution in [2.45, 2.75) is 13.5 Å². The SMILES string of the molecule is COc1cc(/C=N/NC(=O)Cn2c(C)nc3ccccc32)ccc1OCC(N)=O. The van der Waals surface area contributed by atoms with Crippen molar-refractivity contribution in [3.63, 3.8) is 0 Å². The number of aromatic nitrogens is 2. The van der Waals surface area contributed by atoms with E-state index in [-0.39, 0.29) is 19.1 Å². The van der Waals surface area contributed by atoms with Crippen LogP contribution in [0.25, 0.3) is 11.0 Å². The van der Waals surface area contributed by atoms with Gasteiger partial charge < -0.3 is 19.8 Å². The fourth-order valence-electron chi connectivity index (χ4n) is 2.79. The molecule has 0 spiro atoms. The summed E-state index contributed by atoms with van der Waals surface area (Å²) in [6.07, 6.45) is 1.48.